The van der Waals surface area contributed by atoms with Crippen molar-refractivity contribution in [3.8, 4) is 6.07 Å². The molecule has 80 valence electrons. The van der Waals surface area contributed by atoms with E-state index in [1.807, 2.05) is 19.9 Å². The maximum absolute atomic E-state index is 8.92. The summed E-state index contributed by atoms with van der Waals surface area (Å²) in [6.07, 6.45) is 0. The molecule has 2 rings (SSSR count). The number of benzene rings is 1. The van der Waals surface area contributed by atoms with Crippen LogP contribution in [0.15, 0.2) is 24.3 Å². The van der Waals surface area contributed by atoms with Gasteiger partial charge < -0.3 is 0 Å². The van der Waals surface area contributed by atoms with Crippen LogP contribution in [0.3, 0.4) is 0 Å². The first-order valence-electron chi connectivity index (χ1n) is 5.39. The highest BCUT2D eigenvalue weighted by atomic mass is 14.7. The minimum absolute atomic E-state index is 0.149. The maximum atomic E-state index is 8.92. The van der Waals surface area contributed by atoms with Crippen molar-refractivity contribution in [1.82, 2.24) is 4.98 Å². The molecule has 0 amide bonds. The summed E-state index contributed by atoms with van der Waals surface area (Å²) in [5, 5.41) is 11.3. The Kier molecular flexibility index (Phi) is 2.62. The molecule has 0 aliphatic rings. The van der Waals surface area contributed by atoms with Gasteiger partial charge in [0.25, 0.3) is 0 Å². The molecule has 2 nitrogen and oxygen atoms in total. The second-order valence-corrected chi connectivity index (χ2v) is 4.21. The minimum Gasteiger partial charge on any atom is -0.256 e. The molecule has 1 aromatic carbocycles. The third-order valence-corrected chi connectivity index (χ3v) is 2.83. The molecule has 2 aromatic rings. The fourth-order valence-electron chi connectivity index (χ4n) is 1.86. The minimum atomic E-state index is -0.149. The molecule has 16 heavy (non-hydrogen) atoms. The molecule has 0 radical (unpaired) electrons. The number of rotatable bonds is 1. The van der Waals surface area contributed by atoms with Crippen LogP contribution in [-0.2, 0) is 0 Å². The van der Waals surface area contributed by atoms with Crippen molar-refractivity contribution >= 4 is 10.8 Å². The summed E-state index contributed by atoms with van der Waals surface area (Å²) in [6, 6.07) is 10.6. The number of fused-ring (bicyclic) bond motifs is 1. The van der Waals surface area contributed by atoms with Gasteiger partial charge in [0.05, 0.1) is 17.7 Å². The summed E-state index contributed by atoms with van der Waals surface area (Å²) in [5.41, 5.74) is 3.08. The highest BCUT2D eigenvalue weighted by Crippen LogP contribution is 2.22. The van der Waals surface area contributed by atoms with Gasteiger partial charge in [0, 0.05) is 11.1 Å². The maximum Gasteiger partial charge on any atom is 0.0857 e. The molecule has 0 spiro atoms. The molecular weight excluding hydrogens is 196 g/mol. The lowest BCUT2D eigenvalue weighted by atomic mass is 10.0. The van der Waals surface area contributed by atoms with Gasteiger partial charge in [-0.25, -0.2) is 0 Å². The summed E-state index contributed by atoms with van der Waals surface area (Å²) < 4.78 is 0. The molecule has 1 atom stereocenters. The zero-order valence-electron chi connectivity index (χ0n) is 9.78. The Balaban J connectivity index is 2.71. The van der Waals surface area contributed by atoms with Crippen molar-refractivity contribution in [2.24, 2.45) is 0 Å². The first kappa shape index (κ1) is 10.6. The average Bonchev–Trinajstić information content (AvgIpc) is 2.27. The SMILES string of the molecule is Cc1ccc2c(C)nc(C(C)C#N)cc2c1. The van der Waals surface area contributed by atoms with Gasteiger partial charge in [-0.3, -0.25) is 4.98 Å². The quantitative estimate of drug-likeness (QED) is 0.722. The topological polar surface area (TPSA) is 36.7 Å². The van der Waals surface area contributed by atoms with Gasteiger partial charge in [0.1, 0.15) is 0 Å². The number of hydrogen-bond acceptors (Lipinski definition) is 2. The number of hydrogen-bond donors (Lipinski definition) is 0. The predicted octanol–water partition coefficient (Wildman–Crippen LogP) is 3.48. The molecule has 0 saturated carbocycles. The zero-order valence-corrected chi connectivity index (χ0v) is 9.78. The van der Waals surface area contributed by atoms with E-state index in [4.69, 9.17) is 5.26 Å². The molecule has 1 aromatic heterocycles. The molecule has 2 heteroatoms. The molecule has 0 N–H and O–H groups in total. The molecule has 0 fully saturated rings. The van der Waals surface area contributed by atoms with E-state index in [0.29, 0.717) is 0 Å². The number of aryl methyl sites for hydroxylation is 2. The van der Waals surface area contributed by atoms with Crippen LogP contribution in [0.25, 0.3) is 10.8 Å². The average molecular weight is 210 g/mol. The van der Waals surface area contributed by atoms with Crippen molar-refractivity contribution in [2.75, 3.05) is 0 Å². The van der Waals surface area contributed by atoms with Gasteiger partial charge in [-0.1, -0.05) is 23.8 Å². The fourth-order valence-corrected chi connectivity index (χ4v) is 1.86. The first-order valence-corrected chi connectivity index (χ1v) is 5.39. The van der Waals surface area contributed by atoms with Crippen LogP contribution >= 0.6 is 0 Å². The molecule has 0 saturated heterocycles. The fraction of sp³-hybridized carbons (Fsp3) is 0.286. The van der Waals surface area contributed by atoms with Crippen LogP contribution in [0.5, 0.6) is 0 Å². The van der Waals surface area contributed by atoms with Crippen LogP contribution < -0.4 is 0 Å². The van der Waals surface area contributed by atoms with Gasteiger partial charge >= 0.3 is 0 Å². The Morgan fingerprint density at radius 3 is 2.69 bits per heavy atom. The van der Waals surface area contributed by atoms with Crippen molar-refractivity contribution in [2.45, 2.75) is 26.7 Å². The second-order valence-electron chi connectivity index (χ2n) is 4.21. The molecule has 0 aliphatic heterocycles. The Hall–Kier alpha value is -1.88. The highest BCUT2D eigenvalue weighted by Gasteiger charge is 2.08. The third kappa shape index (κ3) is 1.77. The Bertz CT molecular complexity index is 579. The predicted molar refractivity (Wildman–Crippen MR) is 65.2 cm³/mol. The van der Waals surface area contributed by atoms with E-state index in [9.17, 15) is 0 Å². The van der Waals surface area contributed by atoms with Crippen molar-refractivity contribution in [3.63, 3.8) is 0 Å². The van der Waals surface area contributed by atoms with Gasteiger partial charge in [0.2, 0.25) is 0 Å². The summed E-state index contributed by atoms with van der Waals surface area (Å²) in [5.74, 6) is -0.149. The molecule has 0 bridgehead atoms. The van der Waals surface area contributed by atoms with Crippen LogP contribution in [-0.4, -0.2) is 4.98 Å². The van der Waals surface area contributed by atoms with Crippen molar-refractivity contribution < 1.29 is 0 Å². The standard InChI is InChI=1S/C14H14N2/c1-9-4-5-13-11(3)16-14(10(2)8-15)7-12(13)6-9/h4-7,10H,1-3H3. The molecule has 1 heterocycles. The van der Waals surface area contributed by atoms with Crippen molar-refractivity contribution in [1.29, 1.82) is 5.26 Å². The number of nitrogens with zero attached hydrogens (tertiary/aromatic N) is 2. The first-order chi connectivity index (χ1) is 7.61. The lowest BCUT2D eigenvalue weighted by Gasteiger charge is -2.08. The number of nitriles is 1. The van der Waals surface area contributed by atoms with Gasteiger partial charge in [-0.2, -0.15) is 5.26 Å². The number of aromatic nitrogens is 1. The molecular formula is C14H14N2. The van der Waals surface area contributed by atoms with Crippen LogP contribution in [0.2, 0.25) is 0 Å². The van der Waals surface area contributed by atoms with E-state index in [1.54, 1.807) is 0 Å². The Morgan fingerprint density at radius 2 is 2.00 bits per heavy atom. The van der Waals surface area contributed by atoms with E-state index >= 15 is 0 Å². The lowest BCUT2D eigenvalue weighted by Crippen LogP contribution is -1.97. The van der Waals surface area contributed by atoms with E-state index in [2.05, 4.69) is 36.2 Å². The van der Waals surface area contributed by atoms with E-state index in [1.165, 1.54) is 16.3 Å². The third-order valence-electron chi connectivity index (χ3n) is 2.83. The monoisotopic (exact) mass is 210 g/mol. The number of pyridine rings is 1. The van der Waals surface area contributed by atoms with Gasteiger partial charge in [-0.15, -0.1) is 0 Å². The summed E-state index contributed by atoms with van der Waals surface area (Å²) >= 11 is 0. The molecule has 0 aliphatic carbocycles. The van der Waals surface area contributed by atoms with Gasteiger partial charge in [-0.05, 0) is 32.2 Å². The smallest absolute Gasteiger partial charge is 0.0857 e. The summed E-state index contributed by atoms with van der Waals surface area (Å²) in [7, 11) is 0. The van der Waals surface area contributed by atoms with Crippen LogP contribution in [0.4, 0.5) is 0 Å². The highest BCUT2D eigenvalue weighted by molar-refractivity contribution is 5.85. The van der Waals surface area contributed by atoms with Crippen LogP contribution in [0, 0.1) is 25.2 Å². The van der Waals surface area contributed by atoms with Crippen molar-refractivity contribution in [3.05, 3.63) is 41.2 Å². The molecule has 1 unspecified atom stereocenters. The second kappa shape index (κ2) is 3.94. The summed E-state index contributed by atoms with van der Waals surface area (Å²) in [4.78, 5) is 4.48. The van der Waals surface area contributed by atoms with E-state index in [0.717, 1.165) is 11.4 Å². The largest absolute Gasteiger partial charge is 0.256 e. The lowest BCUT2D eigenvalue weighted by molar-refractivity contribution is 0.913. The normalized spacial score (nSPS) is 12.4. The van der Waals surface area contributed by atoms with E-state index in [-0.39, 0.29) is 5.92 Å². The van der Waals surface area contributed by atoms with Gasteiger partial charge in [0.15, 0.2) is 0 Å². The van der Waals surface area contributed by atoms with Crippen LogP contribution in [0.1, 0.15) is 29.8 Å². The zero-order chi connectivity index (χ0) is 11.7. The van der Waals surface area contributed by atoms with E-state index < -0.39 is 0 Å². The summed E-state index contributed by atoms with van der Waals surface area (Å²) in [6.45, 7) is 5.94. The Labute approximate surface area is 95.6 Å². The Morgan fingerprint density at radius 1 is 1.25 bits per heavy atom.